The van der Waals surface area contributed by atoms with E-state index < -0.39 is 11.9 Å². The molecule has 0 spiro atoms. The molecule has 0 atom stereocenters. The maximum Gasteiger partial charge on any atom is 0.330 e. The van der Waals surface area contributed by atoms with E-state index in [9.17, 15) is 9.59 Å². The maximum atomic E-state index is 9.60. The van der Waals surface area contributed by atoms with Crippen LogP contribution in [0, 0.1) is 6.92 Å². The number of hydrogen-bond acceptors (Lipinski definition) is 4. The summed E-state index contributed by atoms with van der Waals surface area (Å²) in [6, 6.07) is 8.28. The SMILES string of the molecule is C=C(C)C(=O)O.C=C(C)C(=O)O.C=Cc1ccc(C)cc1.OCCO. The minimum Gasteiger partial charge on any atom is -0.478 e. The summed E-state index contributed by atoms with van der Waals surface area (Å²) in [4.78, 5) is 19.2. The van der Waals surface area contributed by atoms with E-state index in [0.717, 1.165) is 0 Å². The molecule has 0 bridgehead atoms. The van der Waals surface area contributed by atoms with Gasteiger partial charge in [-0.25, -0.2) is 9.59 Å². The van der Waals surface area contributed by atoms with Crippen molar-refractivity contribution in [1.82, 2.24) is 0 Å². The summed E-state index contributed by atoms with van der Waals surface area (Å²) >= 11 is 0. The van der Waals surface area contributed by atoms with Crippen LogP contribution in [0.5, 0.6) is 0 Å². The highest BCUT2D eigenvalue weighted by molar-refractivity contribution is 5.85. The van der Waals surface area contributed by atoms with Crippen molar-refractivity contribution in [3.63, 3.8) is 0 Å². The molecule has 140 valence electrons. The van der Waals surface area contributed by atoms with Crippen LogP contribution in [0.15, 0.2) is 55.1 Å². The van der Waals surface area contributed by atoms with Crippen molar-refractivity contribution in [2.75, 3.05) is 13.2 Å². The average Bonchev–Trinajstić information content (AvgIpc) is 2.56. The number of carbonyl (C=O) groups is 2. The second-order valence-electron chi connectivity index (χ2n) is 4.73. The fraction of sp³-hybridized carbons (Fsp3) is 0.263. The fourth-order valence-corrected chi connectivity index (χ4v) is 0.703. The van der Waals surface area contributed by atoms with Gasteiger partial charge >= 0.3 is 11.9 Å². The fourth-order valence-electron chi connectivity index (χ4n) is 0.703. The molecule has 0 unspecified atom stereocenters. The number of aliphatic hydroxyl groups is 2. The third-order valence-corrected chi connectivity index (χ3v) is 2.14. The van der Waals surface area contributed by atoms with Crippen molar-refractivity contribution in [2.24, 2.45) is 0 Å². The van der Waals surface area contributed by atoms with Crippen LogP contribution >= 0.6 is 0 Å². The Hall–Kier alpha value is -2.70. The minimum absolute atomic E-state index is 0.125. The Labute approximate surface area is 149 Å². The molecule has 1 aromatic carbocycles. The lowest BCUT2D eigenvalue weighted by molar-refractivity contribution is -0.133. The van der Waals surface area contributed by atoms with Gasteiger partial charge in [-0.3, -0.25) is 0 Å². The summed E-state index contributed by atoms with van der Waals surface area (Å²) in [5.74, 6) is -1.87. The van der Waals surface area contributed by atoms with E-state index in [1.165, 1.54) is 25.0 Å². The number of hydrogen-bond donors (Lipinski definition) is 4. The van der Waals surface area contributed by atoms with E-state index in [1.807, 2.05) is 6.08 Å². The number of rotatable bonds is 4. The van der Waals surface area contributed by atoms with Gasteiger partial charge < -0.3 is 20.4 Å². The van der Waals surface area contributed by atoms with Gasteiger partial charge in [0.2, 0.25) is 0 Å². The Morgan fingerprint density at radius 1 is 0.920 bits per heavy atom. The molecule has 4 N–H and O–H groups in total. The van der Waals surface area contributed by atoms with E-state index in [1.54, 1.807) is 0 Å². The zero-order valence-corrected chi connectivity index (χ0v) is 15.0. The minimum atomic E-state index is -0.935. The van der Waals surface area contributed by atoms with Gasteiger partial charge in [0.1, 0.15) is 0 Å². The van der Waals surface area contributed by atoms with Gasteiger partial charge in [-0.2, -0.15) is 0 Å². The summed E-state index contributed by atoms with van der Waals surface area (Å²) in [5.41, 5.74) is 2.83. The van der Waals surface area contributed by atoms with Crippen LogP contribution in [0.25, 0.3) is 6.08 Å². The van der Waals surface area contributed by atoms with Crippen LogP contribution in [0.4, 0.5) is 0 Å². The molecule has 1 rings (SSSR count). The zero-order valence-electron chi connectivity index (χ0n) is 15.0. The van der Waals surface area contributed by atoms with Crippen molar-refractivity contribution in [1.29, 1.82) is 0 Å². The average molecular weight is 352 g/mol. The topological polar surface area (TPSA) is 115 Å². The molecule has 1 aromatic rings. The van der Waals surface area contributed by atoms with Crippen LogP contribution in [-0.4, -0.2) is 45.6 Å². The first kappa shape index (κ1) is 27.2. The molecular formula is C19H28O6. The number of aliphatic hydroxyl groups excluding tert-OH is 2. The molecule has 0 aliphatic rings. The van der Waals surface area contributed by atoms with Crippen LogP contribution in [0.1, 0.15) is 25.0 Å². The number of aryl methyl sites for hydroxylation is 1. The zero-order chi connectivity index (χ0) is 20.4. The quantitative estimate of drug-likeness (QED) is 0.619. The van der Waals surface area contributed by atoms with Gasteiger partial charge in [0.25, 0.3) is 0 Å². The van der Waals surface area contributed by atoms with Gasteiger partial charge in [-0.1, -0.05) is 55.6 Å². The van der Waals surface area contributed by atoms with E-state index in [0.29, 0.717) is 0 Å². The molecule has 0 aliphatic heterocycles. The monoisotopic (exact) mass is 352 g/mol. The molecular weight excluding hydrogens is 324 g/mol. The van der Waals surface area contributed by atoms with Crippen molar-refractivity contribution in [2.45, 2.75) is 20.8 Å². The lowest BCUT2D eigenvalue weighted by Gasteiger charge is -1.91. The van der Waals surface area contributed by atoms with Crippen molar-refractivity contribution in [3.05, 3.63) is 66.3 Å². The molecule has 0 fully saturated rings. The molecule has 0 amide bonds. The van der Waals surface area contributed by atoms with Crippen LogP contribution in [0.2, 0.25) is 0 Å². The molecule has 0 radical (unpaired) electrons. The van der Waals surface area contributed by atoms with Crippen LogP contribution in [0.3, 0.4) is 0 Å². The summed E-state index contributed by atoms with van der Waals surface area (Å²) in [5, 5.41) is 31.0. The Balaban J connectivity index is -0.000000271. The molecule has 25 heavy (non-hydrogen) atoms. The lowest BCUT2D eigenvalue weighted by atomic mass is 10.2. The predicted octanol–water partition coefficient (Wildman–Crippen LogP) is 2.90. The second kappa shape index (κ2) is 17.7. The summed E-state index contributed by atoms with van der Waals surface area (Å²) in [7, 11) is 0. The number of benzene rings is 1. The van der Waals surface area contributed by atoms with Crippen LogP contribution in [-0.2, 0) is 9.59 Å². The van der Waals surface area contributed by atoms with E-state index in [4.69, 9.17) is 20.4 Å². The van der Waals surface area contributed by atoms with Gasteiger partial charge in [0, 0.05) is 11.1 Å². The molecule has 0 saturated carbocycles. The Kier molecular flexibility index (Phi) is 19.2. The number of aliphatic carboxylic acids is 2. The summed E-state index contributed by atoms with van der Waals surface area (Å²) in [6.45, 7) is 14.7. The molecule has 0 saturated heterocycles. The largest absolute Gasteiger partial charge is 0.478 e. The van der Waals surface area contributed by atoms with Crippen LogP contribution < -0.4 is 0 Å². The summed E-state index contributed by atoms with van der Waals surface area (Å²) < 4.78 is 0. The van der Waals surface area contributed by atoms with Crippen molar-refractivity contribution in [3.8, 4) is 0 Å². The highest BCUT2D eigenvalue weighted by Crippen LogP contribution is 2.02. The Morgan fingerprint density at radius 3 is 1.36 bits per heavy atom. The van der Waals surface area contributed by atoms with Gasteiger partial charge in [0.05, 0.1) is 13.2 Å². The second-order valence-corrected chi connectivity index (χ2v) is 4.73. The summed E-state index contributed by atoms with van der Waals surface area (Å²) in [6.07, 6.45) is 1.85. The highest BCUT2D eigenvalue weighted by Gasteiger charge is 1.90. The molecule has 6 heteroatoms. The third kappa shape index (κ3) is 23.7. The molecule has 6 nitrogen and oxygen atoms in total. The van der Waals surface area contributed by atoms with E-state index in [-0.39, 0.29) is 24.4 Å². The van der Waals surface area contributed by atoms with E-state index in [2.05, 4.69) is 50.9 Å². The first-order valence-corrected chi connectivity index (χ1v) is 7.21. The number of carboxylic acids is 2. The smallest absolute Gasteiger partial charge is 0.330 e. The maximum absolute atomic E-state index is 9.60. The molecule has 0 aromatic heterocycles. The Bertz CT molecular complexity index is 494. The highest BCUT2D eigenvalue weighted by atomic mass is 16.4. The first-order chi connectivity index (χ1) is 11.5. The molecule has 0 aliphatic carbocycles. The van der Waals surface area contributed by atoms with Gasteiger partial charge in [0.15, 0.2) is 0 Å². The predicted molar refractivity (Wildman–Crippen MR) is 100 cm³/mol. The van der Waals surface area contributed by atoms with E-state index >= 15 is 0 Å². The van der Waals surface area contributed by atoms with Crippen molar-refractivity contribution >= 4 is 18.0 Å². The lowest BCUT2D eigenvalue weighted by Crippen LogP contribution is -1.92. The molecule has 0 heterocycles. The Morgan fingerprint density at radius 2 is 1.20 bits per heavy atom. The first-order valence-electron chi connectivity index (χ1n) is 7.21. The third-order valence-electron chi connectivity index (χ3n) is 2.14. The van der Waals surface area contributed by atoms with Crippen molar-refractivity contribution < 1.29 is 30.0 Å². The van der Waals surface area contributed by atoms with Gasteiger partial charge in [-0.15, -0.1) is 0 Å². The van der Waals surface area contributed by atoms with Gasteiger partial charge in [-0.05, 0) is 26.3 Å². The standard InChI is InChI=1S/C9H10.2C4H6O2.C2H6O2/c1-3-9-6-4-8(2)5-7-9;2*1-3(2)4(5)6;3-1-2-4/h3-7H,1H2,2H3;2*1H2,2H3,(H,5,6);3-4H,1-2H2. The normalized spacial score (nSPS) is 8.04. The number of carboxylic acid groups (broad SMARTS) is 2.